The second kappa shape index (κ2) is 3.83. The quantitative estimate of drug-likeness (QED) is 0.752. The van der Waals surface area contributed by atoms with E-state index in [1.807, 2.05) is 26.0 Å². The Balaban J connectivity index is 3.07. The van der Waals surface area contributed by atoms with Crippen LogP contribution in [0, 0.1) is 13.8 Å². The summed E-state index contributed by atoms with van der Waals surface area (Å²) in [6, 6.07) is 3.70. The van der Waals surface area contributed by atoms with Gasteiger partial charge in [-0.15, -0.1) is 0 Å². The third-order valence-corrected chi connectivity index (χ3v) is 3.45. The Morgan fingerprint density at radius 2 is 2.12 bits per heavy atom. The fraction of sp³-hybridized carbons (Fsp3) is 0.182. The normalized spacial score (nSPS) is 10.7. The molecule has 0 aliphatic carbocycles. The Morgan fingerprint density at radius 3 is 2.75 bits per heavy atom. The third kappa shape index (κ3) is 1.48. The average Bonchev–Trinajstić information content (AvgIpc) is 2.24. The van der Waals surface area contributed by atoms with E-state index in [4.69, 9.17) is 0 Å². The highest BCUT2D eigenvalue weighted by atomic mass is 79.9. The Labute approximate surface area is 101 Å². The second-order valence-electron chi connectivity index (χ2n) is 3.50. The van der Waals surface area contributed by atoms with Crippen molar-refractivity contribution in [3.05, 3.63) is 38.3 Å². The van der Waals surface area contributed by atoms with Crippen LogP contribution >= 0.6 is 15.9 Å². The largest absolute Gasteiger partial charge is 0.368 e. The van der Waals surface area contributed by atoms with Gasteiger partial charge in [-0.1, -0.05) is 15.9 Å². The zero-order chi connectivity index (χ0) is 11.9. The summed E-state index contributed by atoms with van der Waals surface area (Å²) in [5.41, 5.74) is 2.08. The molecule has 0 amide bonds. The van der Waals surface area contributed by atoms with Crippen molar-refractivity contribution in [2.75, 3.05) is 0 Å². The molecule has 2 rings (SSSR count). The van der Waals surface area contributed by atoms with E-state index < -0.39 is 5.69 Å². The predicted molar refractivity (Wildman–Crippen MR) is 68.1 cm³/mol. The molecule has 0 saturated heterocycles. The molecule has 0 N–H and O–H groups in total. The minimum Gasteiger partial charge on any atom is -0.244 e. The molecule has 0 atom stereocenters. The lowest BCUT2D eigenvalue weighted by atomic mass is 10.1. The van der Waals surface area contributed by atoms with Gasteiger partial charge in [0.15, 0.2) is 0 Å². The Morgan fingerprint density at radius 1 is 1.44 bits per heavy atom. The SMILES string of the molecule is C=Nn1c(C)c2c(C)c(Br)ccc2nc1=O. The first-order valence-electron chi connectivity index (χ1n) is 4.71. The van der Waals surface area contributed by atoms with Crippen molar-refractivity contribution in [2.45, 2.75) is 13.8 Å². The molecule has 2 aromatic rings. The number of benzene rings is 1. The smallest absolute Gasteiger partial charge is 0.244 e. The lowest BCUT2D eigenvalue weighted by molar-refractivity contribution is 0.773. The molecular weight excluding hydrogens is 270 g/mol. The zero-order valence-electron chi connectivity index (χ0n) is 8.99. The number of rotatable bonds is 1. The molecule has 0 bridgehead atoms. The molecule has 1 aromatic carbocycles. The van der Waals surface area contributed by atoms with Crippen LogP contribution in [0.25, 0.3) is 10.9 Å². The van der Waals surface area contributed by atoms with Crippen LogP contribution in [0.3, 0.4) is 0 Å². The first-order valence-corrected chi connectivity index (χ1v) is 5.51. The summed E-state index contributed by atoms with van der Waals surface area (Å²) in [6.45, 7) is 7.18. The molecule has 0 saturated carbocycles. The monoisotopic (exact) mass is 279 g/mol. The average molecular weight is 280 g/mol. The van der Waals surface area contributed by atoms with Crippen LogP contribution in [-0.2, 0) is 0 Å². The van der Waals surface area contributed by atoms with Gasteiger partial charge in [0.2, 0.25) is 0 Å². The molecule has 0 spiro atoms. The van der Waals surface area contributed by atoms with Crippen molar-refractivity contribution in [1.29, 1.82) is 0 Å². The highest BCUT2D eigenvalue weighted by Gasteiger charge is 2.10. The molecule has 5 heteroatoms. The molecule has 4 nitrogen and oxygen atoms in total. The Bertz CT molecular complexity index is 646. The van der Waals surface area contributed by atoms with Crippen molar-refractivity contribution in [2.24, 2.45) is 5.10 Å². The van der Waals surface area contributed by atoms with Crippen LogP contribution in [-0.4, -0.2) is 16.4 Å². The highest BCUT2D eigenvalue weighted by molar-refractivity contribution is 9.10. The van der Waals surface area contributed by atoms with Crippen molar-refractivity contribution in [3.8, 4) is 0 Å². The minimum atomic E-state index is -0.401. The lowest BCUT2D eigenvalue weighted by Gasteiger charge is -2.09. The molecule has 0 aliphatic rings. The number of hydrogen-bond acceptors (Lipinski definition) is 3. The highest BCUT2D eigenvalue weighted by Crippen LogP contribution is 2.25. The van der Waals surface area contributed by atoms with Gasteiger partial charge in [0.05, 0.1) is 11.2 Å². The number of aryl methyl sites for hydroxylation is 2. The molecule has 1 heterocycles. The summed E-state index contributed by atoms with van der Waals surface area (Å²) < 4.78 is 2.20. The van der Waals surface area contributed by atoms with E-state index in [9.17, 15) is 4.79 Å². The summed E-state index contributed by atoms with van der Waals surface area (Å²) in [4.78, 5) is 15.5. The van der Waals surface area contributed by atoms with Crippen LogP contribution < -0.4 is 5.69 Å². The number of nitrogens with zero attached hydrogens (tertiary/aromatic N) is 3. The van der Waals surface area contributed by atoms with Crippen molar-refractivity contribution >= 4 is 33.6 Å². The Kier molecular flexibility index (Phi) is 2.63. The van der Waals surface area contributed by atoms with Gasteiger partial charge in [0, 0.05) is 16.6 Å². The third-order valence-electron chi connectivity index (χ3n) is 2.60. The maximum absolute atomic E-state index is 11.6. The Hall–Kier alpha value is -1.49. The fourth-order valence-electron chi connectivity index (χ4n) is 1.79. The number of aromatic nitrogens is 2. The van der Waals surface area contributed by atoms with Gasteiger partial charge in [0.25, 0.3) is 0 Å². The van der Waals surface area contributed by atoms with Crippen molar-refractivity contribution < 1.29 is 0 Å². The molecule has 16 heavy (non-hydrogen) atoms. The minimum absolute atomic E-state index is 0.401. The molecule has 82 valence electrons. The van der Waals surface area contributed by atoms with Crippen LogP contribution in [0.4, 0.5) is 0 Å². The summed E-state index contributed by atoms with van der Waals surface area (Å²) >= 11 is 3.45. The van der Waals surface area contributed by atoms with E-state index in [0.29, 0.717) is 5.52 Å². The first-order chi connectivity index (χ1) is 7.56. The van der Waals surface area contributed by atoms with Crippen LogP contribution in [0.15, 0.2) is 26.5 Å². The van der Waals surface area contributed by atoms with Gasteiger partial charge < -0.3 is 0 Å². The van der Waals surface area contributed by atoms with E-state index in [0.717, 1.165) is 21.1 Å². The molecule has 0 aliphatic heterocycles. The summed E-state index contributed by atoms with van der Waals surface area (Å²) in [5.74, 6) is 0. The maximum Gasteiger partial charge on any atom is 0.368 e. The van der Waals surface area contributed by atoms with Crippen molar-refractivity contribution in [3.63, 3.8) is 0 Å². The van der Waals surface area contributed by atoms with Gasteiger partial charge in [-0.2, -0.15) is 14.8 Å². The fourth-order valence-corrected chi connectivity index (χ4v) is 2.12. The van der Waals surface area contributed by atoms with Crippen LogP contribution in [0.2, 0.25) is 0 Å². The molecule has 1 aromatic heterocycles. The second-order valence-corrected chi connectivity index (χ2v) is 4.35. The zero-order valence-corrected chi connectivity index (χ0v) is 10.6. The number of fused-ring (bicyclic) bond motifs is 1. The van der Waals surface area contributed by atoms with E-state index in [1.54, 1.807) is 0 Å². The first kappa shape index (κ1) is 11.0. The van der Waals surface area contributed by atoms with Gasteiger partial charge in [-0.05, 0) is 31.5 Å². The van der Waals surface area contributed by atoms with Gasteiger partial charge >= 0.3 is 5.69 Å². The van der Waals surface area contributed by atoms with E-state index >= 15 is 0 Å². The maximum atomic E-state index is 11.6. The van der Waals surface area contributed by atoms with Gasteiger partial charge in [-0.3, -0.25) is 0 Å². The molecule has 0 radical (unpaired) electrons. The standard InChI is InChI=1S/C11H10BrN3O/c1-6-8(12)4-5-9-10(6)7(2)15(13-3)11(16)14-9/h4-5H,3H2,1-2H3. The topological polar surface area (TPSA) is 47.2 Å². The van der Waals surface area contributed by atoms with Crippen molar-refractivity contribution in [1.82, 2.24) is 9.66 Å². The number of hydrogen-bond donors (Lipinski definition) is 0. The number of halogens is 1. The summed E-state index contributed by atoms with van der Waals surface area (Å²) in [6.07, 6.45) is 0. The summed E-state index contributed by atoms with van der Waals surface area (Å²) in [7, 11) is 0. The van der Waals surface area contributed by atoms with Crippen LogP contribution in [0.1, 0.15) is 11.3 Å². The van der Waals surface area contributed by atoms with Gasteiger partial charge in [0.1, 0.15) is 0 Å². The van der Waals surface area contributed by atoms with E-state index in [1.165, 1.54) is 4.68 Å². The van der Waals surface area contributed by atoms with E-state index in [2.05, 4.69) is 32.7 Å². The molecular formula is C11H10BrN3O. The predicted octanol–water partition coefficient (Wildman–Crippen LogP) is 2.24. The molecule has 0 unspecified atom stereocenters. The summed E-state index contributed by atoms with van der Waals surface area (Å²) in [5, 5.41) is 4.60. The van der Waals surface area contributed by atoms with Crippen LogP contribution in [0.5, 0.6) is 0 Å². The molecule has 0 fully saturated rings. The van der Waals surface area contributed by atoms with E-state index in [-0.39, 0.29) is 0 Å². The van der Waals surface area contributed by atoms with Gasteiger partial charge in [-0.25, -0.2) is 4.79 Å². The lowest BCUT2D eigenvalue weighted by Crippen LogP contribution is -2.21.